The Morgan fingerprint density at radius 1 is 1.00 bits per heavy atom. The number of anilines is 3. The summed E-state index contributed by atoms with van der Waals surface area (Å²) >= 11 is 0. The van der Waals surface area contributed by atoms with Gasteiger partial charge in [-0.1, -0.05) is 18.2 Å². The molecule has 9 heteroatoms. The van der Waals surface area contributed by atoms with Crippen LogP contribution >= 0.6 is 0 Å². The zero-order valence-corrected chi connectivity index (χ0v) is 18.2. The van der Waals surface area contributed by atoms with E-state index in [9.17, 15) is 23.2 Å². The number of hydrogen-bond acceptors (Lipinski definition) is 4. The van der Waals surface area contributed by atoms with Crippen molar-refractivity contribution in [3.63, 3.8) is 0 Å². The van der Waals surface area contributed by atoms with Crippen LogP contribution in [0.4, 0.5) is 25.8 Å². The van der Waals surface area contributed by atoms with Crippen LogP contribution in [0.2, 0.25) is 0 Å². The molecule has 3 aromatic rings. The van der Waals surface area contributed by atoms with Gasteiger partial charge in [0, 0.05) is 24.2 Å². The van der Waals surface area contributed by atoms with Gasteiger partial charge in [0.05, 0.1) is 24.4 Å². The minimum absolute atomic E-state index is 0.0465. The van der Waals surface area contributed by atoms with Crippen molar-refractivity contribution >= 4 is 34.8 Å². The van der Waals surface area contributed by atoms with Gasteiger partial charge in [0.1, 0.15) is 17.4 Å². The number of carbonyl (C=O) groups excluding carboxylic acids is 3. The molecule has 2 N–H and O–H groups in total. The van der Waals surface area contributed by atoms with Gasteiger partial charge in [0.15, 0.2) is 0 Å². The average molecular weight is 465 g/mol. The number of ether oxygens (including phenoxy) is 1. The van der Waals surface area contributed by atoms with E-state index in [0.717, 1.165) is 6.07 Å². The number of para-hydroxylation sites is 1. The molecule has 3 amide bonds. The third-order valence-corrected chi connectivity index (χ3v) is 5.44. The highest BCUT2D eigenvalue weighted by molar-refractivity contribution is 6.06. The fourth-order valence-electron chi connectivity index (χ4n) is 3.74. The number of rotatable bonds is 6. The topological polar surface area (TPSA) is 87.7 Å². The smallest absolute Gasteiger partial charge is 0.255 e. The van der Waals surface area contributed by atoms with Gasteiger partial charge in [-0.2, -0.15) is 0 Å². The zero-order chi connectivity index (χ0) is 24.2. The van der Waals surface area contributed by atoms with Crippen molar-refractivity contribution < 1.29 is 27.9 Å². The van der Waals surface area contributed by atoms with Crippen LogP contribution in [0.3, 0.4) is 0 Å². The molecular formula is C25H21F2N3O4. The van der Waals surface area contributed by atoms with Gasteiger partial charge in [0.2, 0.25) is 11.8 Å². The molecule has 0 spiro atoms. The Bertz CT molecular complexity index is 1260. The van der Waals surface area contributed by atoms with Crippen LogP contribution in [0.5, 0.6) is 5.75 Å². The number of amides is 3. The monoisotopic (exact) mass is 465 g/mol. The van der Waals surface area contributed by atoms with E-state index >= 15 is 0 Å². The molecule has 0 saturated carbocycles. The van der Waals surface area contributed by atoms with E-state index in [-0.39, 0.29) is 35.8 Å². The highest BCUT2D eigenvalue weighted by atomic mass is 19.1. The summed E-state index contributed by atoms with van der Waals surface area (Å²) in [6.45, 7) is 0.0465. The summed E-state index contributed by atoms with van der Waals surface area (Å²) in [5.74, 6) is -2.74. The van der Waals surface area contributed by atoms with E-state index in [0.29, 0.717) is 11.4 Å². The number of nitrogens with zero attached hydrogens (tertiary/aromatic N) is 1. The van der Waals surface area contributed by atoms with Crippen molar-refractivity contribution in [1.29, 1.82) is 0 Å². The predicted octanol–water partition coefficient (Wildman–Crippen LogP) is 4.22. The first kappa shape index (κ1) is 22.9. The van der Waals surface area contributed by atoms with Crippen LogP contribution in [0.25, 0.3) is 0 Å². The molecule has 0 aliphatic carbocycles. The quantitative estimate of drug-likeness (QED) is 0.571. The van der Waals surface area contributed by atoms with Crippen LogP contribution in [-0.2, 0) is 9.59 Å². The fourth-order valence-corrected chi connectivity index (χ4v) is 3.74. The molecule has 1 saturated heterocycles. The van der Waals surface area contributed by atoms with Gasteiger partial charge in [0.25, 0.3) is 5.91 Å². The number of halogens is 2. The molecule has 174 valence electrons. The number of nitrogens with one attached hydrogen (secondary N) is 2. The second kappa shape index (κ2) is 9.70. The van der Waals surface area contributed by atoms with Crippen molar-refractivity contribution in [2.75, 3.05) is 29.2 Å². The summed E-state index contributed by atoms with van der Waals surface area (Å²) < 4.78 is 32.8. The first-order valence-electron chi connectivity index (χ1n) is 10.5. The van der Waals surface area contributed by atoms with Gasteiger partial charge in [-0.05, 0) is 48.5 Å². The summed E-state index contributed by atoms with van der Waals surface area (Å²) in [7, 11) is 1.42. The molecule has 4 rings (SSSR count). The molecule has 1 unspecified atom stereocenters. The van der Waals surface area contributed by atoms with Crippen LogP contribution in [0, 0.1) is 17.6 Å². The molecule has 1 heterocycles. The van der Waals surface area contributed by atoms with Crippen LogP contribution in [0.1, 0.15) is 16.8 Å². The molecule has 7 nitrogen and oxygen atoms in total. The zero-order valence-electron chi connectivity index (χ0n) is 18.2. The maximum Gasteiger partial charge on any atom is 0.255 e. The van der Waals surface area contributed by atoms with E-state index in [1.165, 1.54) is 54.5 Å². The number of carbonyl (C=O) groups is 3. The van der Waals surface area contributed by atoms with Gasteiger partial charge < -0.3 is 20.3 Å². The molecule has 0 aromatic heterocycles. The van der Waals surface area contributed by atoms with E-state index in [1.807, 2.05) is 0 Å². The Hall–Kier alpha value is -4.27. The summed E-state index contributed by atoms with van der Waals surface area (Å²) in [4.78, 5) is 39.0. The predicted molar refractivity (Wildman–Crippen MR) is 123 cm³/mol. The summed E-state index contributed by atoms with van der Waals surface area (Å²) in [5.41, 5.74) is 0.881. The second-order valence-corrected chi connectivity index (χ2v) is 7.73. The lowest BCUT2D eigenvalue weighted by atomic mass is 10.1. The normalized spacial score (nSPS) is 15.2. The molecule has 1 aliphatic heterocycles. The maximum atomic E-state index is 14.1. The largest absolute Gasteiger partial charge is 0.495 e. The summed E-state index contributed by atoms with van der Waals surface area (Å²) in [5, 5.41) is 5.37. The molecular weight excluding hydrogens is 444 g/mol. The van der Waals surface area contributed by atoms with Crippen LogP contribution in [0.15, 0.2) is 66.7 Å². The highest BCUT2D eigenvalue weighted by Crippen LogP contribution is 2.31. The Morgan fingerprint density at radius 3 is 2.53 bits per heavy atom. The highest BCUT2D eigenvalue weighted by Gasteiger charge is 2.36. The lowest BCUT2D eigenvalue weighted by Gasteiger charge is -2.17. The molecule has 0 bridgehead atoms. The Morgan fingerprint density at radius 2 is 1.79 bits per heavy atom. The molecule has 34 heavy (non-hydrogen) atoms. The van der Waals surface area contributed by atoms with Gasteiger partial charge in [-0.15, -0.1) is 0 Å². The minimum atomic E-state index is -0.681. The summed E-state index contributed by atoms with van der Waals surface area (Å²) in [6.07, 6.45) is -0.0561. The SMILES string of the molecule is COc1ccc(NC(=O)C2CC(=O)N(c3ccccc3F)C2)cc1NC(=O)c1cccc(F)c1. The Labute approximate surface area is 194 Å². The van der Waals surface area contributed by atoms with Crippen molar-refractivity contribution in [3.8, 4) is 5.75 Å². The lowest BCUT2D eigenvalue weighted by molar-refractivity contribution is -0.122. The lowest BCUT2D eigenvalue weighted by Crippen LogP contribution is -2.28. The van der Waals surface area contributed by atoms with E-state index in [4.69, 9.17) is 4.74 Å². The van der Waals surface area contributed by atoms with Gasteiger partial charge in [-0.25, -0.2) is 8.78 Å². The van der Waals surface area contributed by atoms with Crippen LogP contribution < -0.4 is 20.3 Å². The maximum absolute atomic E-state index is 14.1. The molecule has 1 aliphatic rings. The first-order valence-corrected chi connectivity index (χ1v) is 10.5. The van der Waals surface area contributed by atoms with Crippen molar-refractivity contribution in [1.82, 2.24) is 0 Å². The third-order valence-electron chi connectivity index (χ3n) is 5.44. The van der Waals surface area contributed by atoms with E-state index in [2.05, 4.69) is 10.6 Å². The molecule has 0 radical (unpaired) electrons. The average Bonchev–Trinajstić information content (AvgIpc) is 3.21. The fraction of sp³-hybridized carbons (Fsp3) is 0.160. The third kappa shape index (κ3) is 4.88. The number of benzene rings is 3. The molecule has 1 atom stereocenters. The van der Waals surface area contributed by atoms with Crippen molar-refractivity contribution in [2.45, 2.75) is 6.42 Å². The Balaban J connectivity index is 1.47. The number of hydrogen-bond donors (Lipinski definition) is 2. The Kier molecular flexibility index (Phi) is 6.53. The standard InChI is InChI=1S/C25H21F2N3O4/c1-34-22-10-9-18(13-20(22)29-24(32)15-5-4-6-17(26)11-15)28-25(33)16-12-23(31)30(14-16)21-8-3-2-7-19(21)27/h2-11,13,16H,12,14H2,1H3,(H,28,33)(H,29,32). The van der Waals surface area contributed by atoms with Crippen LogP contribution in [-0.4, -0.2) is 31.4 Å². The van der Waals surface area contributed by atoms with Crippen molar-refractivity contribution in [2.24, 2.45) is 5.92 Å². The van der Waals surface area contributed by atoms with E-state index < -0.39 is 29.4 Å². The molecule has 1 fully saturated rings. The summed E-state index contributed by atoms with van der Waals surface area (Å²) in [6, 6.07) is 15.8. The van der Waals surface area contributed by atoms with Gasteiger partial charge >= 0.3 is 0 Å². The van der Waals surface area contributed by atoms with Crippen molar-refractivity contribution in [3.05, 3.63) is 83.9 Å². The first-order chi connectivity index (χ1) is 16.4. The van der Waals surface area contributed by atoms with E-state index in [1.54, 1.807) is 18.2 Å². The van der Waals surface area contributed by atoms with Gasteiger partial charge in [-0.3, -0.25) is 14.4 Å². The minimum Gasteiger partial charge on any atom is -0.495 e. The second-order valence-electron chi connectivity index (χ2n) is 7.73. The molecule has 3 aromatic carbocycles. The number of methoxy groups -OCH3 is 1.